The Morgan fingerprint density at radius 1 is 1.11 bits per heavy atom. The Hall–Kier alpha value is -2.71. The molecule has 3 aromatic rings. The molecule has 1 amide bonds. The number of amides is 1. The molecule has 2 atom stereocenters. The van der Waals surface area contributed by atoms with E-state index in [1.807, 2.05) is 11.1 Å². The van der Waals surface area contributed by atoms with E-state index in [9.17, 15) is 18.0 Å². The molecule has 1 aromatic heterocycles. The number of halogens is 5. The number of H-pyrrole nitrogens is 1. The van der Waals surface area contributed by atoms with Crippen molar-refractivity contribution >= 4 is 29.1 Å². The summed E-state index contributed by atoms with van der Waals surface area (Å²) in [5.41, 5.74) is 3.97. The Kier molecular flexibility index (Phi) is 6.44. The highest BCUT2D eigenvalue weighted by Crippen LogP contribution is 2.37. The number of aromatic nitrogens is 2. The van der Waals surface area contributed by atoms with Crippen LogP contribution >= 0.6 is 23.2 Å². The van der Waals surface area contributed by atoms with Crippen molar-refractivity contribution in [1.82, 2.24) is 15.1 Å². The van der Waals surface area contributed by atoms with E-state index in [2.05, 4.69) is 14.9 Å². The van der Waals surface area contributed by atoms with E-state index < -0.39 is 6.36 Å². The highest BCUT2D eigenvalue weighted by Gasteiger charge is 2.38. The quantitative estimate of drug-likeness (QED) is 0.431. The van der Waals surface area contributed by atoms with Gasteiger partial charge in [-0.2, -0.15) is 5.10 Å². The largest absolute Gasteiger partial charge is 0.573 e. The van der Waals surface area contributed by atoms with E-state index in [-0.39, 0.29) is 23.6 Å². The van der Waals surface area contributed by atoms with Crippen LogP contribution in [0, 0.1) is 5.92 Å². The fraction of sp³-hybridized carbons (Fsp3) is 0.360. The lowest BCUT2D eigenvalue weighted by Gasteiger charge is -2.31. The number of carbonyl (C=O) groups excluding carboxylic acids is 1. The molecule has 0 spiro atoms. The number of hydrogen-bond donors (Lipinski definition) is 1. The molecule has 1 N–H and O–H groups in total. The normalized spacial score (nSPS) is 20.3. The lowest BCUT2D eigenvalue weighted by Crippen LogP contribution is -2.41. The van der Waals surface area contributed by atoms with E-state index in [4.69, 9.17) is 23.2 Å². The second-order valence-electron chi connectivity index (χ2n) is 8.97. The van der Waals surface area contributed by atoms with Crippen molar-refractivity contribution in [3.05, 3.63) is 69.5 Å². The van der Waals surface area contributed by atoms with Crippen LogP contribution in [-0.4, -0.2) is 40.0 Å². The molecule has 1 fully saturated rings. The number of aryl methyl sites for hydroxylation is 1. The van der Waals surface area contributed by atoms with Gasteiger partial charge < -0.3 is 9.64 Å². The van der Waals surface area contributed by atoms with E-state index in [1.165, 1.54) is 23.8 Å². The van der Waals surface area contributed by atoms with Crippen molar-refractivity contribution in [1.29, 1.82) is 0 Å². The summed E-state index contributed by atoms with van der Waals surface area (Å²) < 4.78 is 41.7. The molecule has 1 unspecified atom stereocenters. The summed E-state index contributed by atoms with van der Waals surface area (Å²) in [6.07, 6.45) is 0.810. The summed E-state index contributed by atoms with van der Waals surface area (Å²) >= 11 is 13.1. The Morgan fingerprint density at radius 2 is 1.89 bits per heavy atom. The highest BCUT2D eigenvalue weighted by molar-refractivity contribution is 6.36. The molecule has 0 saturated carbocycles. The molecule has 2 aliphatic rings. The average molecular weight is 524 g/mol. The topological polar surface area (TPSA) is 58.2 Å². The highest BCUT2D eigenvalue weighted by atomic mass is 35.5. The summed E-state index contributed by atoms with van der Waals surface area (Å²) in [7, 11) is 0. The van der Waals surface area contributed by atoms with Gasteiger partial charge in [-0.25, -0.2) is 0 Å². The second-order valence-corrected chi connectivity index (χ2v) is 9.78. The maximum atomic E-state index is 13.2. The first-order chi connectivity index (χ1) is 16.7. The molecule has 5 nitrogen and oxygen atoms in total. The zero-order valence-electron chi connectivity index (χ0n) is 18.5. The number of ether oxygens (including phenoxy) is 1. The number of likely N-dealkylation sites (tertiary alicyclic amines) is 1. The fourth-order valence-corrected chi connectivity index (χ4v) is 5.70. The Balaban J connectivity index is 1.30. The summed E-state index contributed by atoms with van der Waals surface area (Å²) in [6, 6.07) is 9.11. The number of aromatic amines is 1. The zero-order chi connectivity index (χ0) is 24.7. The number of benzene rings is 2. The van der Waals surface area contributed by atoms with Crippen molar-refractivity contribution < 1.29 is 22.7 Å². The molecule has 2 aromatic carbocycles. The summed E-state index contributed by atoms with van der Waals surface area (Å²) in [6.45, 7) is 0.695. The maximum absolute atomic E-state index is 13.2. The molecule has 1 saturated heterocycles. The average Bonchev–Trinajstić information content (AvgIpc) is 3.41. The van der Waals surface area contributed by atoms with Gasteiger partial charge in [0.05, 0.1) is 5.69 Å². The smallest absolute Gasteiger partial charge is 0.406 e. The molecule has 5 rings (SSSR count). The molecule has 10 heteroatoms. The van der Waals surface area contributed by atoms with Crippen LogP contribution < -0.4 is 4.74 Å². The van der Waals surface area contributed by atoms with Crippen LogP contribution in [0.2, 0.25) is 10.0 Å². The maximum Gasteiger partial charge on any atom is 0.573 e. The Labute approximate surface area is 210 Å². The van der Waals surface area contributed by atoms with E-state index in [1.54, 1.807) is 18.2 Å². The van der Waals surface area contributed by atoms with Gasteiger partial charge >= 0.3 is 6.36 Å². The van der Waals surface area contributed by atoms with Crippen molar-refractivity contribution in [3.8, 4) is 16.9 Å². The van der Waals surface area contributed by atoms with E-state index >= 15 is 0 Å². The number of nitrogens with one attached hydrogen (secondary N) is 1. The minimum atomic E-state index is -4.78. The van der Waals surface area contributed by atoms with Gasteiger partial charge in [-0.15, -0.1) is 13.2 Å². The van der Waals surface area contributed by atoms with Crippen LogP contribution in [0.4, 0.5) is 13.2 Å². The van der Waals surface area contributed by atoms with Crippen molar-refractivity contribution in [3.63, 3.8) is 0 Å². The van der Waals surface area contributed by atoms with Gasteiger partial charge in [-0.3, -0.25) is 9.89 Å². The number of nitrogens with zero attached hydrogens (tertiary/aromatic N) is 2. The molecule has 0 bridgehead atoms. The monoisotopic (exact) mass is 523 g/mol. The minimum absolute atomic E-state index is 0.107. The van der Waals surface area contributed by atoms with Crippen LogP contribution in [0.1, 0.15) is 29.7 Å². The van der Waals surface area contributed by atoms with Crippen LogP contribution in [0.3, 0.4) is 0 Å². The number of rotatable bonds is 5. The van der Waals surface area contributed by atoms with Crippen molar-refractivity contribution in [2.24, 2.45) is 5.92 Å². The number of alkyl halides is 3. The lowest BCUT2D eigenvalue weighted by atomic mass is 9.92. The first-order valence-corrected chi connectivity index (χ1v) is 12.1. The second kappa shape index (κ2) is 9.39. The first-order valence-electron chi connectivity index (χ1n) is 11.3. The predicted molar refractivity (Wildman–Crippen MR) is 127 cm³/mol. The number of hydrogen-bond acceptors (Lipinski definition) is 3. The van der Waals surface area contributed by atoms with Crippen LogP contribution in [-0.2, 0) is 24.1 Å². The third kappa shape index (κ3) is 5.14. The zero-order valence-corrected chi connectivity index (χ0v) is 20.1. The standard InChI is InChI=1S/C25H22Cl2F3N3O2/c26-21-11-16(14-2-1-3-19(9-14)35-25(28,29)30)12-22(27)20(21)10-15-6-7-33(24(15)34)18-4-5-23-17(8-18)13-31-32-23/h1-3,9,11-13,15,18H,4-8,10H2,(H,31,32)/t15-,18?/m0/s1. The van der Waals surface area contributed by atoms with Crippen molar-refractivity contribution in [2.45, 2.75) is 44.5 Å². The molecular weight excluding hydrogens is 502 g/mol. The molecule has 0 radical (unpaired) electrons. The van der Waals surface area contributed by atoms with Crippen LogP contribution in [0.5, 0.6) is 5.75 Å². The minimum Gasteiger partial charge on any atom is -0.406 e. The Morgan fingerprint density at radius 3 is 2.63 bits per heavy atom. The van der Waals surface area contributed by atoms with Gasteiger partial charge in [-0.05, 0) is 78.6 Å². The SMILES string of the molecule is O=C1[C@H](Cc2c(Cl)cc(-c3cccc(OC(F)(F)F)c3)cc2Cl)CCN1C1CCc2n[nH]cc2C1. The van der Waals surface area contributed by atoms with Gasteiger partial charge in [0.25, 0.3) is 0 Å². The Bertz CT molecular complexity index is 1240. The van der Waals surface area contributed by atoms with Crippen LogP contribution in [0.15, 0.2) is 42.6 Å². The summed E-state index contributed by atoms with van der Waals surface area (Å²) in [4.78, 5) is 15.2. The van der Waals surface area contributed by atoms with Gasteiger partial charge in [-0.1, -0.05) is 35.3 Å². The van der Waals surface area contributed by atoms with Gasteiger partial charge in [0.15, 0.2) is 0 Å². The van der Waals surface area contributed by atoms with E-state index in [0.717, 1.165) is 31.4 Å². The molecule has 2 heterocycles. The summed E-state index contributed by atoms with van der Waals surface area (Å²) in [5, 5.41) is 7.92. The fourth-order valence-electron chi connectivity index (χ4n) is 5.06. The molecule has 35 heavy (non-hydrogen) atoms. The predicted octanol–water partition coefficient (Wildman–Crippen LogP) is 6.23. The van der Waals surface area contributed by atoms with Gasteiger partial charge in [0.1, 0.15) is 5.75 Å². The number of fused-ring (bicyclic) bond motifs is 1. The molecule has 184 valence electrons. The summed E-state index contributed by atoms with van der Waals surface area (Å²) in [5.74, 6) is -0.437. The number of carbonyl (C=O) groups is 1. The third-order valence-corrected chi connectivity index (χ3v) is 7.44. The molecular formula is C25H22Cl2F3N3O2. The molecule has 1 aliphatic heterocycles. The van der Waals surface area contributed by atoms with Crippen molar-refractivity contribution in [2.75, 3.05) is 6.54 Å². The van der Waals surface area contributed by atoms with E-state index in [0.29, 0.717) is 39.7 Å². The first kappa shape index (κ1) is 24.0. The van der Waals surface area contributed by atoms with Crippen LogP contribution in [0.25, 0.3) is 11.1 Å². The molecule has 1 aliphatic carbocycles. The third-order valence-electron chi connectivity index (χ3n) is 6.76. The van der Waals surface area contributed by atoms with Gasteiger partial charge in [0.2, 0.25) is 5.91 Å². The lowest BCUT2D eigenvalue weighted by molar-refractivity contribution is -0.274. The van der Waals surface area contributed by atoms with Gasteiger partial charge in [0, 0.05) is 34.7 Å².